The number of carboxylic acid groups (broad SMARTS) is 1. The maximum atomic E-state index is 10.6. The largest absolute Gasteiger partial charge is 0.477 e. The summed E-state index contributed by atoms with van der Waals surface area (Å²) in [4.78, 5) is 10.6. The monoisotopic (exact) mass is 168 g/mol. The Bertz CT molecular complexity index is 318. The van der Waals surface area contributed by atoms with E-state index < -0.39 is 5.97 Å². The third kappa shape index (κ3) is 0.939. The summed E-state index contributed by atoms with van der Waals surface area (Å²) in [6.45, 7) is 0.622. The molecule has 0 fully saturated rings. The van der Waals surface area contributed by atoms with Crippen molar-refractivity contribution >= 4 is 5.97 Å². The number of fused-ring (bicyclic) bond motifs is 1. The predicted molar refractivity (Wildman–Crippen MR) is 39.4 cm³/mol. The molecule has 1 aromatic rings. The summed E-state index contributed by atoms with van der Waals surface area (Å²) < 4.78 is 5.15. The molecule has 1 aliphatic heterocycles. The van der Waals surface area contributed by atoms with Gasteiger partial charge in [0.15, 0.2) is 5.69 Å². The fraction of sp³-hybridized carbons (Fsp3) is 0.429. The summed E-state index contributed by atoms with van der Waals surface area (Å²) >= 11 is 0. The van der Waals surface area contributed by atoms with E-state index in [4.69, 9.17) is 9.84 Å². The lowest BCUT2D eigenvalue weighted by molar-refractivity contribution is 0.0688. The van der Waals surface area contributed by atoms with Gasteiger partial charge >= 0.3 is 5.97 Å². The van der Waals surface area contributed by atoms with Crippen molar-refractivity contribution in [1.29, 1.82) is 0 Å². The molecule has 0 bridgehead atoms. The summed E-state index contributed by atoms with van der Waals surface area (Å²) in [5, 5.41) is 14.9. The van der Waals surface area contributed by atoms with Crippen molar-refractivity contribution in [2.24, 2.45) is 0 Å². The molecule has 1 aliphatic rings. The highest BCUT2D eigenvalue weighted by atomic mass is 16.5. The van der Waals surface area contributed by atoms with Gasteiger partial charge in [-0.1, -0.05) is 0 Å². The molecule has 0 amide bonds. The van der Waals surface area contributed by atoms with E-state index in [1.54, 1.807) is 0 Å². The minimum Gasteiger partial charge on any atom is -0.477 e. The summed E-state index contributed by atoms with van der Waals surface area (Å²) in [7, 11) is 0. The van der Waals surface area contributed by atoms with Crippen molar-refractivity contribution in [2.45, 2.75) is 12.8 Å². The number of H-pyrrole nitrogens is 1. The molecule has 12 heavy (non-hydrogen) atoms. The smallest absolute Gasteiger partial charge is 0.354 e. The number of hydrogen-bond acceptors (Lipinski definition) is 3. The first kappa shape index (κ1) is 7.15. The van der Waals surface area contributed by atoms with Crippen LogP contribution >= 0.6 is 0 Å². The topological polar surface area (TPSA) is 75.2 Å². The van der Waals surface area contributed by atoms with Crippen LogP contribution in [0.5, 0.6) is 5.88 Å². The second-order valence-electron chi connectivity index (χ2n) is 2.64. The Kier molecular flexibility index (Phi) is 1.49. The Morgan fingerprint density at radius 3 is 3.25 bits per heavy atom. The van der Waals surface area contributed by atoms with Gasteiger partial charge in [0.25, 0.3) is 0 Å². The Morgan fingerprint density at radius 1 is 1.67 bits per heavy atom. The lowest BCUT2D eigenvalue weighted by atomic mass is 10.1. The highest BCUT2D eigenvalue weighted by molar-refractivity contribution is 5.87. The van der Waals surface area contributed by atoms with Crippen LogP contribution in [-0.2, 0) is 6.42 Å². The number of nitrogens with zero attached hydrogens (tertiary/aromatic N) is 1. The molecule has 0 radical (unpaired) electrons. The van der Waals surface area contributed by atoms with E-state index in [-0.39, 0.29) is 5.69 Å². The molecular formula is C7H8N2O3. The molecule has 2 N–H and O–H groups in total. The molecule has 5 heteroatoms. The third-order valence-electron chi connectivity index (χ3n) is 1.85. The molecule has 5 nitrogen and oxygen atoms in total. The number of aromatic amines is 1. The lowest BCUT2D eigenvalue weighted by Crippen LogP contribution is -2.10. The summed E-state index contributed by atoms with van der Waals surface area (Å²) in [5.41, 5.74) is 0.846. The SMILES string of the molecule is O=C(O)c1[nH]nc2c1CCCO2. The van der Waals surface area contributed by atoms with Gasteiger partial charge in [0.05, 0.1) is 6.61 Å². The first-order valence-electron chi connectivity index (χ1n) is 3.72. The van der Waals surface area contributed by atoms with Crippen molar-refractivity contribution in [1.82, 2.24) is 10.2 Å². The Morgan fingerprint density at radius 2 is 2.50 bits per heavy atom. The Labute approximate surface area is 68.4 Å². The van der Waals surface area contributed by atoms with Gasteiger partial charge in [-0.05, 0) is 12.8 Å². The van der Waals surface area contributed by atoms with Crippen LogP contribution in [-0.4, -0.2) is 27.9 Å². The highest BCUT2D eigenvalue weighted by Gasteiger charge is 2.21. The van der Waals surface area contributed by atoms with Gasteiger partial charge in [0.2, 0.25) is 5.88 Å². The number of carbonyl (C=O) groups is 1. The van der Waals surface area contributed by atoms with Crippen molar-refractivity contribution in [3.05, 3.63) is 11.3 Å². The molecule has 0 spiro atoms. The Hall–Kier alpha value is -1.52. The first-order chi connectivity index (χ1) is 5.79. The van der Waals surface area contributed by atoms with Crippen LogP contribution < -0.4 is 4.74 Å². The Balaban J connectivity index is 2.44. The summed E-state index contributed by atoms with van der Waals surface area (Å²) in [5.74, 6) is -0.534. The van der Waals surface area contributed by atoms with E-state index in [1.165, 1.54) is 0 Å². The second kappa shape index (κ2) is 2.51. The van der Waals surface area contributed by atoms with Gasteiger partial charge < -0.3 is 9.84 Å². The normalized spacial score (nSPS) is 15.0. The van der Waals surface area contributed by atoms with E-state index in [1.807, 2.05) is 0 Å². The molecule has 1 aromatic heterocycles. The number of carboxylic acids is 1. The fourth-order valence-corrected chi connectivity index (χ4v) is 1.29. The van der Waals surface area contributed by atoms with Gasteiger partial charge in [-0.2, -0.15) is 0 Å². The molecule has 0 unspecified atom stereocenters. The number of ether oxygens (including phenoxy) is 1. The van der Waals surface area contributed by atoms with Gasteiger partial charge in [0.1, 0.15) is 0 Å². The highest BCUT2D eigenvalue weighted by Crippen LogP contribution is 2.24. The van der Waals surface area contributed by atoms with Crippen LogP contribution in [0, 0.1) is 0 Å². The summed E-state index contributed by atoms with van der Waals surface area (Å²) in [6, 6.07) is 0. The third-order valence-corrected chi connectivity index (χ3v) is 1.85. The van der Waals surface area contributed by atoms with Crippen LogP contribution in [0.1, 0.15) is 22.5 Å². The molecule has 2 rings (SSSR count). The average Bonchev–Trinajstić information content (AvgIpc) is 2.47. The van der Waals surface area contributed by atoms with E-state index in [0.29, 0.717) is 18.1 Å². The van der Waals surface area contributed by atoms with Crippen molar-refractivity contribution < 1.29 is 14.6 Å². The van der Waals surface area contributed by atoms with Gasteiger partial charge in [-0.3, -0.25) is 5.10 Å². The molecule has 0 aliphatic carbocycles. The minimum atomic E-state index is -0.978. The maximum absolute atomic E-state index is 10.6. The van der Waals surface area contributed by atoms with Gasteiger partial charge in [-0.25, -0.2) is 4.79 Å². The quantitative estimate of drug-likeness (QED) is 0.637. The first-order valence-corrected chi connectivity index (χ1v) is 3.72. The van der Waals surface area contributed by atoms with E-state index in [0.717, 1.165) is 12.8 Å². The van der Waals surface area contributed by atoms with Crippen molar-refractivity contribution in [2.75, 3.05) is 6.61 Å². The van der Waals surface area contributed by atoms with Gasteiger partial charge in [-0.15, -0.1) is 5.10 Å². The molecule has 2 heterocycles. The van der Waals surface area contributed by atoms with Crippen molar-refractivity contribution in [3.63, 3.8) is 0 Å². The fourth-order valence-electron chi connectivity index (χ4n) is 1.29. The molecule has 0 atom stereocenters. The number of hydrogen-bond donors (Lipinski definition) is 2. The minimum absolute atomic E-state index is 0.157. The lowest BCUT2D eigenvalue weighted by Gasteiger charge is -2.10. The van der Waals surface area contributed by atoms with Crippen LogP contribution in [0.2, 0.25) is 0 Å². The number of nitrogens with one attached hydrogen (secondary N) is 1. The average molecular weight is 168 g/mol. The zero-order valence-electron chi connectivity index (χ0n) is 6.33. The van der Waals surface area contributed by atoms with E-state index in [9.17, 15) is 4.79 Å². The van der Waals surface area contributed by atoms with E-state index in [2.05, 4.69) is 10.2 Å². The molecule has 64 valence electrons. The van der Waals surface area contributed by atoms with Gasteiger partial charge in [0, 0.05) is 5.56 Å². The molecule has 0 aromatic carbocycles. The van der Waals surface area contributed by atoms with Crippen molar-refractivity contribution in [3.8, 4) is 5.88 Å². The molecular weight excluding hydrogens is 160 g/mol. The number of aromatic nitrogens is 2. The standard InChI is InChI=1S/C7H8N2O3/c10-7(11)5-4-2-1-3-12-6(4)9-8-5/h1-3H2,(H,8,9)(H,10,11). The van der Waals surface area contributed by atoms with Crippen LogP contribution in [0.25, 0.3) is 0 Å². The second-order valence-corrected chi connectivity index (χ2v) is 2.64. The van der Waals surface area contributed by atoms with E-state index >= 15 is 0 Å². The van der Waals surface area contributed by atoms with Crippen LogP contribution in [0.15, 0.2) is 0 Å². The zero-order chi connectivity index (χ0) is 8.55. The maximum Gasteiger partial charge on any atom is 0.354 e. The predicted octanol–water partition coefficient (Wildman–Crippen LogP) is 0.433. The summed E-state index contributed by atoms with van der Waals surface area (Å²) in [6.07, 6.45) is 1.58. The number of rotatable bonds is 1. The molecule has 0 saturated carbocycles. The number of aromatic carboxylic acids is 1. The molecule has 0 saturated heterocycles. The van der Waals surface area contributed by atoms with Crippen LogP contribution in [0.3, 0.4) is 0 Å². The van der Waals surface area contributed by atoms with Crippen LogP contribution in [0.4, 0.5) is 0 Å². The zero-order valence-corrected chi connectivity index (χ0v) is 6.33.